The molecule has 0 radical (unpaired) electrons. The molecule has 0 bridgehead atoms. The van der Waals surface area contributed by atoms with Crippen LogP contribution in [0.5, 0.6) is 28.7 Å². The first-order valence-electron chi connectivity index (χ1n) is 10.5. The molecule has 0 saturated heterocycles. The third-order valence-corrected chi connectivity index (χ3v) is 6.43. The van der Waals surface area contributed by atoms with Gasteiger partial charge in [-0.25, -0.2) is 4.98 Å². The fourth-order valence-corrected chi connectivity index (χ4v) is 4.97. The number of thiophene rings is 1. The van der Waals surface area contributed by atoms with E-state index in [0.717, 1.165) is 33.3 Å². The second-order valence-corrected chi connectivity index (χ2v) is 8.30. The Morgan fingerprint density at radius 1 is 0.970 bits per heavy atom. The standard InChI is InChI=1S/C25H24N2O5S/c1-28-18-11-17(12-19(29-2)23(18)30-3)21-22(25-24-20(14-33-25)31-9-10-32-24)27(15-26-21)13-16-7-5-4-6-8-16/h4-8,11-12,14-15H,9-10,13H2,1-3H3. The number of aromatic nitrogens is 2. The van der Waals surface area contributed by atoms with Crippen LogP contribution >= 0.6 is 11.3 Å². The number of imidazole rings is 1. The first kappa shape index (κ1) is 21.2. The average Bonchev–Trinajstić information content (AvgIpc) is 3.47. The SMILES string of the molecule is COc1cc(-c2ncn(Cc3ccccc3)c2-c2scc3c2OCCO3)cc(OC)c1OC. The molecule has 1 aliphatic rings. The minimum atomic E-state index is 0.517. The molecule has 0 fully saturated rings. The molecule has 8 heteroatoms. The zero-order chi connectivity index (χ0) is 22.8. The Kier molecular flexibility index (Phi) is 5.83. The summed E-state index contributed by atoms with van der Waals surface area (Å²) in [4.78, 5) is 5.79. The molecule has 7 nitrogen and oxygen atoms in total. The first-order chi connectivity index (χ1) is 16.2. The smallest absolute Gasteiger partial charge is 0.203 e. The third kappa shape index (κ3) is 3.87. The molecule has 0 spiro atoms. The van der Waals surface area contributed by atoms with Gasteiger partial charge in [0.25, 0.3) is 0 Å². The van der Waals surface area contributed by atoms with Crippen molar-refractivity contribution in [2.45, 2.75) is 6.54 Å². The third-order valence-electron chi connectivity index (χ3n) is 5.49. The molecule has 0 unspecified atom stereocenters. The van der Waals surface area contributed by atoms with Crippen molar-refractivity contribution in [3.8, 4) is 50.6 Å². The zero-order valence-electron chi connectivity index (χ0n) is 18.7. The summed E-state index contributed by atoms with van der Waals surface area (Å²) in [6.45, 7) is 1.73. The second-order valence-electron chi connectivity index (χ2n) is 7.42. The summed E-state index contributed by atoms with van der Waals surface area (Å²) in [5, 5.41) is 1.99. The van der Waals surface area contributed by atoms with Crippen molar-refractivity contribution in [3.05, 3.63) is 59.7 Å². The Morgan fingerprint density at radius 3 is 2.39 bits per heavy atom. The van der Waals surface area contributed by atoms with Gasteiger partial charge in [-0.3, -0.25) is 0 Å². The van der Waals surface area contributed by atoms with Crippen molar-refractivity contribution in [2.75, 3.05) is 34.5 Å². The summed E-state index contributed by atoms with van der Waals surface area (Å²) in [7, 11) is 4.81. The molecule has 3 heterocycles. The zero-order valence-corrected chi connectivity index (χ0v) is 19.5. The molecule has 0 N–H and O–H groups in total. The number of benzene rings is 2. The highest BCUT2D eigenvalue weighted by atomic mass is 32.1. The van der Waals surface area contributed by atoms with Crippen molar-refractivity contribution < 1.29 is 23.7 Å². The van der Waals surface area contributed by atoms with E-state index < -0.39 is 0 Å². The minimum Gasteiger partial charge on any atom is -0.493 e. The Hall–Kier alpha value is -3.65. The molecule has 5 rings (SSSR count). The highest BCUT2D eigenvalue weighted by Crippen LogP contribution is 2.49. The fourth-order valence-electron chi connectivity index (χ4n) is 3.98. The van der Waals surface area contributed by atoms with Gasteiger partial charge in [0.05, 0.1) is 43.9 Å². The highest BCUT2D eigenvalue weighted by Gasteiger charge is 2.27. The van der Waals surface area contributed by atoms with Gasteiger partial charge in [0.15, 0.2) is 23.0 Å². The van der Waals surface area contributed by atoms with E-state index in [0.29, 0.717) is 37.0 Å². The average molecular weight is 465 g/mol. The second kappa shape index (κ2) is 9.07. The van der Waals surface area contributed by atoms with Gasteiger partial charge in [-0.15, -0.1) is 11.3 Å². The predicted octanol–water partition coefficient (Wildman–Crippen LogP) is 5.12. The van der Waals surface area contributed by atoms with Crippen LogP contribution in [0.15, 0.2) is 54.2 Å². The van der Waals surface area contributed by atoms with Gasteiger partial charge < -0.3 is 28.3 Å². The van der Waals surface area contributed by atoms with Crippen molar-refractivity contribution >= 4 is 11.3 Å². The van der Waals surface area contributed by atoms with E-state index in [1.54, 1.807) is 32.7 Å². The maximum absolute atomic E-state index is 6.02. The van der Waals surface area contributed by atoms with Crippen molar-refractivity contribution in [1.29, 1.82) is 0 Å². The molecule has 170 valence electrons. The minimum absolute atomic E-state index is 0.517. The Bertz CT molecular complexity index is 1240. The number of hydrogen-bond donors (Lipinski definition) is 0. The molecule has 0 saturated carbocycles. The van der Waals surface area contributed by atoms with E-state index in [9.17, 15) is 0 Å². The Balaban J connectivity index is 1.70. The maximum Gasteiger partial charge on any atom is 0.203 e. The lowest BCUT2D eigenvalue weighted by Gasteiger charge is -2.18. The van der Waals surface area contributed by atoms with Gasteiger partial charge in [-0.1, -0.05) is 30.3 Å². The lowest BCUT2D eigenvalue weighted by Crippen LogP contribution is -2.14. The normalized spacial score (nSPS) is 12.5. The highest BCUT2D eigenvalue weighted by molar-refractivity contribution is 7.14. The summed E-state index contributed by atoms with van der Waals surface area (Å²) < 4.78 is 30.6. The summed E-state index contributed by atoms with van der Waals surface area (Å²) in [5.41, 5.74) is 3.77. The van der Waals surface area contributed by atoms with Crippen LogP contribution in [0.4, 0.5) is 0 Å². The lowest BCUT2D eigenvalue weighted by molar-refractivity contribution is 0.174. The van der Waals surface area contributed by atoms with E-state index in [1.165, 1.54) is 5.56 Å². The maximum atomic E-state index is 6.02. The summed E-state index contributed by atoms with van der Waals surface area (Å²) in [5.74, 6) is 3.21. The molecule has 0 amide bonds. The van der Waals surface area contributed by atoms with Crippen molar-refractivity contribution in [3.63, 3.8) is 0 Å². The topological polar surface area (TPSA) is 64.0 Å². The lowest BCUT2D eigenvalue weighted by atomic mass is 10.1. The molecular formula is C25H24N2O5S. The van der Waals surface area contributed by atoms with E-state index in [2.05, 4.69) is 16.7 Å². The number of fused-ring (bicyclic) bond motifs is 1. The van der Waals surface area contributed by atoms with Crippen LogP contribution in [0.3, 0.4) is 0 Å². The van der Waals surface area contributed by atoms with Crippen LogP contribution in [-0.4, -0.2) is 44.1 Å². The summed E-state index contributed by atoms with van der Waals surface area (Å²) in [6.07, 6.45) is 1.86. The van der Waals surface area contributed by atoms with E-state index in [1.807, 2.05) is 42.0 Å². The number of hydrogen-bond acceptors (Lipinski definition) is 7. The van der Waals surface area contributed by atoms with Crippen LogP contribution in [0.2, 0.25) is 0 Å². The monoisotopic (exact) mass is 464 g/mol. The molecule has 4 aromatic rings. The number of rotatable bonds is 7. The fraction of sp³-hybridized carbons (Fsp3) is 0.240. The van der Waals surface area contributed by atoms with Gasteiger partial charge in [-0.05, 0) is 17.7 Å². The molecule has 2 aromatic carbocycles. The Labute approximate surface area is 196 Å². The van der Waals surface area contributed by atoms with Crippen LogP contribution in [0, 0.1) is 0 Å². The quantitative estimate of drug-likeness (QED) is 0.378. The summed E-state index contributed by atoms with van der Waals surface area (Å²) in [6, 6.07) is 14.1. The van der Waals surface area contributed by atoms with E-state index in [-0.39, 0.29) is 0 Å². The van der Waals surface area contributed by atoms with E-state index in [4.69, 9.17) is 28.7 Å². The molecule has 0 atom stereocenters. The number of ether oxygens (including phenoxy) is 5. The Morgan fingerprint density at radius 2 is 1.70 bits per heavy atom. The first-order valence-corrected chi connectivity index (χ1v) is 11.4. The molecular weight excluding hydrogens is 440 g/mol. The van der Waals surface area contributed by atoms with Gasteiger partial charge in [0.1, 0.15) is 13.2 Å². The molecule has 0 aliphatic carbocycles. The molecule has 2 aromatic heterocycles. The van der Waals surface area contributed by atoms with Gasteiger partial charge in [-0.2, -0.15) is 0 Å². The summed E-state index contributed by atoms with van der Waals surface area (Å²) >= 11 is 1.59. The predicted molar refractivity (Wildman–Crippen MR) is 127 cm³/mol. The number of nitrogens with zero attached hydrogens (tertiary/aromatic N) is 2. The van der Waals surface area contributed by atoms with Crippen molar-refractivity contribution in [1.82, 2.24) is 9.55 Å². The van der Waals surface area contributed by atoms with Gasteiger partial charge >= 0.3 is 0 Å². The van der Waals surface area contributed by atoms with Crippen LogP contribution in [-0.2, 0) is 6.54 Å². The van der Waals surface area contributed by atoms with Crippen LogP contribution < -0.4 is 23.7 Å². The molecule has 1 aliphatic heterocycles. The van der Waals surface area contributed by atoms with Crippen molar-refractivity contribution in [2.24, 2.45) is 0 Å². The van der Waals surface area contributed by atoms with E-state index >= 15 is 0 Å². The van der Waals surface area contributed by atoms with Gasteiger partial charge in [0, 0.05) is 17.5 Å². The van der Waals surface area contributed by atoms with Crippen LogP contribution in [0.25, 0.3) is 21.8 Å². The van der Waals surface area contributed by atoms with Crippen LogP contribution in [0.1, 0.15) is 5.56 Å². The number of methoxy groups -OCH3 is 3. The largest absolute Gasteiger partial charge is 0.493 e. The molecule has 33 heavy (non-hydrogen) atoms. The van der Waals surface area contributed by atoms with Gasteiger partial charge in [0.2, 0.25) is 5.75 Å².